The molecule has 14 heavy (non-hydrogen) atoms. The summed E-state index contributed by atoms with van der Waals surface area (Å²) in [6.07, 6.45) is 0.398. The third kappa shape index (κ3) is 2.66. The Balaban J connectivity index is 2.30. The van der Waals surface area contributed by atoms with Crippen molar-refractivity contribution in [3.63, 3.8) is 0 Å². The van der Waals surface area contributed by atoms with Crippen LogP contribution in [0.3, 0.4) is 0 Å². The number of rotatable bonds is 4. The Morgan fingerprint density at radius 1 is 1.64 bits per heavy atom. The van der Waals surface area contributed by atoms with Gasteiger partial charge in [-0.25, -0.2) is 10.3 Å². The average Bonchev–Trinajstić information content (AvgIpc) is 2.52. The van der Waals surface area contributed by atoms with E-state index in [0.29, 0.717) is 13.0 Å². The summed E-state index contributed by atoms with van der Waals surface area (Å²) in [5, 5.41) is 8.22. The highest BCUT2D eigenvalue weighted by atomic mass is 16.7. The van der Waals surface area contributed by atoms with Crippen LogP contribution in [0.2, 0.25) is 0 Å². The number of ether oxygens (including phenoxy) is 1. The van der Waals surface area contributed by atoms with Gasteiger partial charge in [-0.1, -0.05) is 0 Å². The van der Waals surface area contributed by atoms with Crippen LogP contribution in [0.25, 0.3) is 0 Å². The van der Waals surface area contributed by atoms with Crippen molar-refractivity contribution in [2.45, 2.75) is 12.0 Å². The van der Waals surface area contributed by atoms with Gasteiger partial charge in [0.15, 0.2) is 6.61 Å². The van der Waals surface area contributed by atoms with E-state index in [1.54, 1.807) is 0 Å². The Labute approximate surface area is 80.1 Å². The van der Waals surface area contributed by atoms with E-state index in [2.05, 4.69) is 4.84 Å². The smallest absolute Gasteiger partial charge is 0.332 e. The molecule has 80 valence electrons. The van der Waals surface area contributed by atoms with Crippen LogP contribution in [0.1, 0.15) is 6.42 Å². The molecule has 0 bridgehead atoms. The Morgan fingerprint density at radius 2 is 2.36 bits per heavy atom. The first kappa shape index (κ1) is 10.9. The molecule has 7 nitrogen and oxygen atoms in total. The minimum absolute atomic E-state index is 0.120. The summed E-state index contributed by atoms with van der Waals surface area (Å²) < 4.78 is 4.95. The maximum atomic E-state index is 11.3. The van der Waals surface area contributed by atoms with Crippen molar-refractivity contribution in [1.82, 2.24) is 5.48 Å². The van der Waals surface area contributed by atoms with Crippen molar-refractivity contribution < 1.29 is 24.3 Å². The van der Waals surface area contributed by atoms with Crippen LogP contribution in [0.5, 0.6) is 0 Å². The van der Waals surface area contributed by atoms with E-state index < -0.39 is 24.0 Å². The second-order valence-electron chi connectivity index (χ2n) is 3.07. The molecule has 1 unspecified atom stereocenters. The first-order chi connectivity index (χ1) is 6.54. The number of aliphatic carboxylic acids is 1. The number of carbonyl (C=O) groups excluding carboxylic acids is 1. The molecule has 7 heteroatoms. The molecule has 0 aromatic heterocycles. The zero-order valence-electron chi connectivity index (χ0n) is 7.49. The normalized spacial score (nSPS) is 26.1. The minimum Gasteiger partial charge on any atom is -0.479 e. The Morgan fingerprint density at radius 3 is 2.86 bits per heavy atom. The number of nitrogens with two attached hydrogens (primary N) is 1. The summed E-state index contributed by atoms with van der Waals surface area (Å²) in [6.45, 7) is -0.0548. The summed E-state index contributed by atoms with van der Waals surface area (Å²) in [5.74, 6) is -1.73. The van der Waals surface area contributed by atoms with Crippen LogP contribution in [-0.4, -0.2) is 42.3 Å². The van der Waals surface area contributed by atoms with E-state index in [9.17, 15) is 9.59 Å². The largest absolute Gasteiger partial charge is 0.479 e. The molecule has 1 atom stereocenters. The number of carboxylic acid groups (broad SMARTS) is 1. The van der Waals surface area contributed by atoms with Crippen LogP contribution in [-0.2, 0) is 19.2 Å². The lowest BCUT2D eigenvalue weighted by Gasteiger charge is -2.19. The molecular weight excluding hydrogens is 192 g/mol. The van der Waals surface area contributed by atoms with Crippen molar-refractivity contribution in [3.8, 4) is 0 Å². The van der Waals surface area contributed by atoms with Crippen LogP contribution >= 0.6 is 0 Å². The predicted octanol–water partition coefficient (Wildman–Crippen LogP) is -1.76. The maximum absolute atomic E-state index is 11.3. The van der Waals surface area contributed by atoms with Gasteiger partial charge in [-0.3, -0.25) is 9.63 Å². The zero-order chi connectivity index (χ0) is 10.6. The Hall–Kier alpha value is -1.18. The molecular formula is C7H12N2O5. The van der Waals surface area contributed by atoms with Crippen molar-refractivity contribution in [3.05, 3.63) is 0 Å². The summed E-state index contributed by atoms with van der Waals surface area (Å²) in [5.41, 5.74) is 6.53. The third-order valence-corrected chi connectivity index (χ3v) is 1.86. The molecule has 1 fully saturated rings. The summed E-state index contributed by atoms with van der Waals surface area (Å²) >= 11 is 0. The quantitative estimate of drug-likeness (QED) is 0.468. The van der Waals surface area contributed by atoms with Crippen LogP contribution in [0, 0.1) is 0 Å². The number of carboxylic acids is 1. The van der Waals surface area contributed by atoms with Gasteiger partial charge in [0.1, 0.15) is 5.54 Å². The number of carbonyl (C=O) groups is 2. The second kappa shape index (κ2) is 4.36. The van der Waals surface area contributed by atoms with Gasteiger partial charge in [0, 0.05) is 13.0 Å². The first-order valence-electron chi connectivity index (χ1n) is 4.05. The van der Waals surface area contributed by atoms with Gasteiger partial charge in [0.2, 0.25) is 0 Å². The molecule has 0 saturated carbocycles. The fourth-order valence-electron chi connectivity index (χ4n) is 1.02. The van der Waals surface area contributed by atoms with E-state index >= 15 is 0 Å². The van der Waals surface area contributed by atoms with E-state index in [4.69, 9.17) is 15.6 Å². The molecule has 1 rings (SSSR count). The molecule has 0 spiro atoms. The molecule has 1 amide bonds. The lowest BCUT2D eigenvalue weighted by Crippen LogP contribution is -2.54. The number of nitrogens with one attached hydrogen (secondary N) is 1. The fraction of sp³-hybridized carbons (Fsp3) is 0.714. The van der Waals surface area contributed by atoms with E-state index in [-0.39, 0.29) is 6.61 Å². The minimum atomic E-state index is -1.17. The van der Waals surface area contributed by atoms with Gasteiger partial charge in [0.05, 0.1) is 6.61 Å². The van der Waals surface area contributed by atoms with Gasteiger partial charge < -0.3 is 15.6 Å². The Kier molecular flexibility index (Phi) is 3.39. The lowest BCUT2D eigenvalue weighted by molar-refractivity contribution is -0.151. The fourth-order valence-corrected chi connectivity index (χ4v) is 1.02. The van der Waals surface area contributed by atoms with Crippen molar-refractivity contribution in [1.29, 1.82) is 0 Å². The van der Waals surface area contributed by atoms with Crippen LogP contribution in [0.15, 0.2) is 0 Å². The highest BCUT2D eigenvalue weighted by molar-refractivity contribution is 5.85. The summed E-state index contributed by atoms with van der Waals surface area (Å²) in [7, 11) is 0. The highest BCUT2D eigenvalue weighted by Gasteiger charge is 2.38. The van der Waals surface area contributed by atoms with Crippen LogP contribution in [0.4, 0.5) is 0 Å². The predicted molar refractivity (Wildman–Crippen MR) is 44.1 cm³/mol. The van der Waals surface area contributed by atoms with Crippen LogP contribution < -0.4 is 11.2 Å². The lowest BCUT2D eigenvalue weighted by atomic mass is 10.0. The standard InChI is InChI=1S/C7H12N2O5/c8-7(1-2-13-4-7)6(12)9-14-3-5(10)11/h1-4,8H2,(H,9,12)(H,10,11). The number of hydrogen-bond donors (Lipinski definition) is 3. The molecule has 1 aliphatic heterocycles. The van der Waals surface area contributed by atoms with E-state index in [0.717, 1.165) is 0 Å². The molecule has 0 radical (unpaired) electrons. The maximum Gasteiger partial charge on any atom is 0.332 e. The SMILES string of the molecule is NC1(C(=O)NOCC(=O)O)CCOC1. The van der Waals surface area contributed by atoms with Crippen molar-refractivity contribution in [2.24, 2.45) is 5.73 Å². The Bertz CT molecular complexity index is 236. The summed E-state index contributed by atoms with van der Waals surface area (Å²) in [6, 6.07) is 0. The molecule has 1 aliphatic rings. The highest BCUT2D eigenvalue weighted by Crippen LogP contribution is 2.14. The van der Waals surface area contributed by atoms with Gasteiger partial charge >= 0.3 is 5.97 Å². The zero-order valence-corrected chi connectivity index (χ0v) is 7.49. The molecule has 0 aliphatic carbocycles. The number of hydrogen-bond acceptors (Lipinski definition) is 5. The third-order valence-electron chi connectivity index (χ3n) is 1.86. The van der Waals surface area contributed by atoms with Gasteiger partial charge in [-0.05, 0) is 0 Å². The van der Waals surface area contributed by atoms with Gasteiger partial charge in [0.25, 0.3) is 5.91 Å². The molecule has 1 saturated heterocycles. The van der Waals surface area contributed by atoms with Gasteiger partial charge in [-0.15, -0.1) is 0 Å². The topological polar surface area (TPSA) is 111 Å². The van der Waals surface area contributed by atoms with Crippen molar-refractivity contribution >= 4 is 11.9 Å². The monoisotopic (exact) mass is 204 g/mol. The second-order valence-corrected chi connectivity index (χ2v) is 3.07. The number of amides is 1. The van der Waals surface area contributed by atoms with Gasteiger partial charge in [-0.2, -0.15) is 0 Å². The molecule has 0 aromatic carbocycles. The number of hydroxylamine groups is 1. The molecule has 4 N–H and O–H groups in total. The average molecular weight is 204 g/mol. The van der Waals surface area contributed by atoms with E-state index in [1.165, 1.54) is 0 Å². The van der Waals surface area contributed by atoms with Crippen molar-refractivity contribution in [2.75, 3.05) is 19.8 Å². The molecule has 0 aromatic rings. The summed E-state index contributed by atoms with van der Waals surface area (Å²) in [4.78, 5) is 25.8. The molecule has 1 heterocycles. The first-order valence-corrected chi connectivity index (χ1v) is 4.05. The van der Waals surface area contributed by atoms with E-state index in [1.807, 2.05) is 5.48 Å².